The average Bonchev–Trinajstić information content (AvgIpc) is 2.26. The van der Waals surface area contributed by atoms with E-state index in [1.165, 1.54) is 0 Å². The largest absolute Gasteiger partial charge is 0.399 e. The summed E-state index contributed by atoms with van der Waals surface area (Å²) in [7, 11) is 0. The van der Waals surface area contributed by atoms with Crippen LogP contribution in [0.25, 0.3) is 0 Å². The van der Waals surface area contributed by atoms with Gasteiger partial charge in [0.05, 0.1) is 0 Å². The van der Waals surface area contributed by atoms with E-state index in [1.807, 2.05) is 24.3 Å². The van der Waals surface area contributed by atoms with Crippen LogP contribution in [0.15, 0.2) is 24.3 Å². The summed E-state index contributed by atoms with van der Waals surface area (Å²) in [4.78, 5) is 11.8. The number of rotatable bonds is 6. The highest BCUT2D eigenvalue weighted by molar-refractivity contribution is 5.76. The second kappa shape index (κ2) is 7.04. The zero-order chi connectivity index (χ0) is 13.5. The van der Waals surface area contributed by atoms with Crippen LogP contribution in [0.1, 0.15) is 39.2 Å². The van der Waals surface area contributed by atoms with Gasteiger partial charge in [0.25, 0.3) is 0 Å². The first-order valence-corrected chi connectivity index (χ1v) is 6.61. The molecule has 0 bridgehead atoms. The van der Waals surface area contributed by atoms with Gasteiger partial charge in [-0.2, -0.15) is 0 Å². The second-order valence-electron chi connectivity index (χ2n) is 5.30. The lowest BCUT2D eigenvalue weighted by Gasteiger charge is -2.16. The van der Waals surface area contributed by atoms with Crippen LogP contribution in [0, 0.1) is 5.92 Å². The van der Waals surface area contributed by atoms with Crippen molar-refractivity contribution < 1.29 is 4.79 Å². The number of anilines is 1. The molecule has 1 atom stereocenters. The van der Waals surface area contributed by atoms with Gasteiger partial charge in [-0.25, -0.2) is 0 Å². The molecular weight excluding hydrogens is 224 g/mol. The number of aryl methyl sites for hydroxylation is 1. The molecular formula is C15H24N2O. The van der Waals surface area contributed by atoms with E-state index in [4.69, 9.17) is 5.73 Å². The van der Waals surface area contributed by atoms with E-state index in [0.717, 1.165) is 17.7 Å². The van der Waals surface area contributed by atoms with Crippen molar-refractivity contribution in [2.75, 3.05) is 5.73 Å². The van der Waals surface area contributed by atoms with Gasteiger partial charge in [0.2, 0.25) is 5.91 Å². The lowest BCUT2D eigenvalue weighted by atomic mass is 10.0. The van der Waals surface area contributed by atoms with Crippen molar-refractivity contribution in [2.45, 2.75) is 46.1 Å². The van der Waals surface area contributed by atoms with Crippen LogP contribution in [0.2, 0.25) is 0 Å². The van der Waals surface area contributed by atoms with Gasteiger partial charge < -0.3 is 11.1 Å². The molecule has 0 aromatic heterocycles. The first kappa shape index (κ1) is 14.6. The van der Waals surface area contributed by atoms with Crippen molar-refractivity contribution in [1.29, 1.82) is 0 Å². The Hall–Kier alpha value is -1.51. The highest BCUT2D eigenvalue weighted by Crippen LogP contribution is 2.12. The van der Waals surface area contributed by atoms with Crippen LogP contribution < -0.4 is 11.1 Å². The highest BCUT2D eigenvalue weighted by Gasteiger charge is 2.09. The highest BCUT2D eigenvalue weighted by atomic mass is 16.1. The van der Waals surface area contributed by atoms with E-state index in [-0.39, 0.29) is 11.9 Å². The number of hydrogen-bond donors (Lipinski definition) is 2. The first-order chi connectivity index (χ1) is 8.49. The fraction of sp³-hybridized carbons (Fsp3) is 0.533. The van der Waals surface area contributed by atoms with Crippen molar-refractivity contribution in [1.82, 2.24) is 5.32 Å². The number of carbonyl (C=O) groups excluding carboxylic acids is 1. The number of para-hydroxylation sites is 1. The molecule has 0 heterocycles. The molecule has 3 N–H and O–H groups in total. The summed E-state index contributed by atoms with van der Waals surface area (Å²) in [5.74, 6) is 0.705. The second-order valence-corrected chi connectivity index (χ2v) is 5.30. The summed E-state index contributed by atoms with van der Waals surface area (Å²) in [5, 5.41) is 3.02. The predicted octanol–water partition coefficient (Wildman–Crippen LogP) is 2.75. The summed E-state index contributed by atoms with van der Waals surface area (Å²) in [6.45, 7) is 6.37. The Morgan fingerprint density at radius 3 is 2.56 bits per heavy atom. The predicted molar refractivity (Wildman–Crippen MR) is 76.2 cm³/mol. The van der Waals surface area contributed by atoms with Gasteiger partial charge in [0.15, 0.2) is 0 Å². The Morgan fingerprint density at radius 2 is 1.94 bits per heavy atom. The average molecular weight is 248 g/mol. The van der Waals surface area contributed by atoms with E-state index >= 15 is 0 Å². The smallest absolute Gasteiger partial charge is 0.220 e. The maximum atomic E-state index is 11.8. The standard InChI is InChI=1S/C15H24N2O/c1-11(2)10-12(3)17-15(18)9-8-13-6-4-5-7-14(13)16/h4-7,11-12H,8-10,16H2,1-3H3,(H,17,18). The zero-order valence-corrected chi connectivity index (χ0v) is 11.6. The molecule has 0 radical (unpaired) electrons. The molecule has 0 aliphatic heterocycles. The van der Waals surface area contributed by atoms with Crippen molar-refractivity contribution >= 4 is 11.6 Å². The van der Waals surface area contributed by atoms with E-state index < -0.39 is 0 Å². The molecule has 1 unspecified atom stereocenters. The number of amides is 1. The molecule has 1 aromatic rings. The zero-order valence-electron chi connectivity index (χ0n) is 11.6. The van der Waals surface area contributed by atoms with Crippen LogP contribution in [-0.2, 0) is 11.2 Å². The number of benzene rings is 1. The Kier molecular flexibility index (Phi) is 5.69. The van der Waals surface area contributed by atoms with Crippen molar-refractivity contribution in [3.8, 4) is 0 Å². The Labute approximate surface area is 110 Å². The van der Waals surface area contributed by atoms with E-state index in [0.29, 0.717) is 18.8 Å². The summed E-state index contributed by atoms with van der Waals surface area (Å²) in [5.41, 5.74) is 7.65. The summed E-state index contributed by atoms with van der Waals surface area (Å²) < 4.78 is 0. The minimum absolute atomic E-state index is 0.103. The molecule has 1 rings (SSSR count). The van der Waals surface area contributed by atoms with Crippen molar-refractivity contribution in [3.05, 3.63) is 29.8 Å². The molecule has 1 aromatic carbocycles. The molecule has 0 saturated carbocycles. The third-order valence-corrected chi connectivity index (χ3v) is 2.91. The fourth-order valence-corrected chi connectivity index (χ4v) is 2.12. The van der Waals surface area contributed by atoms with Gasteiger partial charge in [-0.3, -0.25) is 4.79 Å². The van der Waals surface area contributed by atoms with Crippen LogP contribution in [0.3, 0.4) is 0 Å². The molecule has 1 amide bonds. The van der Waals surface area contributed by atoms with Gasteiger partial charge in [0, 0.05) is 18.2 Å². The monoisotopic (exact) mass is 248 g/mol. The normalized spacial score (nSPS) is 12.4. The number of nitrogen functional groups attached to an aromatic ring is 1. The number of nitrogens with two attached hydrogens (primary N) is 1. The molecule has 18 heavy (non-hydrogen) atoms. The molecule has 100 valence electrons. The van der Waals surface area contributed by atoms with Gasteiger partial charge in [-0.1, -0.05) is 32.0 Å². The number of hydrogen-bond acceptors (Lipinski definition) is 2. The molecule has 0 spiro atoms. The van der Waals surface area contributed by atoms with E-state index in [9.17, 15) is 4.79 Å². The third kappa shape index (κ3) is 5.21. The Balaban J connectivity index is 2.35. The van der Waals surface area contributed by atoms with E-state index in [2.05, 4.69) is 26.1 Å². The van der Waals surface area contributed by atoms with Crippen LogP contribution in [-0.4, -0.2) is 11.9 Å². The minimum atomic E-state index is 0.103. The SMILES string of the molecule is CC(C)CC(C)NC(=O)CCc1ccccc1N. The van der Waals surface area contributed by atoms with Gasteiger partial charge in [-0.15, -0.1) is 0 Å². The topological polar surface area (TPSA) is 55.1 Å². The van der Waals surface area contributed by atoms with Gasteiger partial charge in [-0.05, 0) is 37.3 Å². The lowest BCUT2D eigenvalue weighted by molar-refractivity contribution is -0.121. The Morgan fingerprint density at radius 1 is 1.28 bits per heavy atom. The quantitative estimate of drug-likeness (QED) is 0.761. The van der Waals surface area contributed by atoms with Crippen LogP contribution in [0.4, 0.5) is 5.69 Å². The molecule has 0 aliphatic rings. The van der Waals surface area contributed by atoms with E-state index in [1.54, 1.807) is 0 Å². The molecule has 0 aliphatic carbocycles. The van der Waals surface area contributed by atoms with Gasteiger partial charge >= 0.3 is 0 Å². The summed E-state index contributed by atoms with van der Waals surface area (Å²) in [6, 6.07) is 7.94. The summed E-state index contributed by atoms with van der Waals surface area (Å²) >= 11 is 0. The first-order valence-electron chi connectivity index (χ1n) is 6.61. The molecule has 3 heteroatoms. The maximum Gasteiger partial charge on any atom is 0.220 e. The van der Waals surface area contributed by atoms with Gasteiger partial charge in [0.1, 0.15) is 0 Å². The fourth-order valence-electron chi connectivity index (χ4n) is 2.12. The Bertz CT molecular complexity index is 388. The minimum Gasteiger partial charge on any atom is -0.399 e. The van der Waals surface area contributed by atoms with Crippen molar-refractivity contribution in [3.63, 3.8) is 0 Å². The summed E-state index contributed by atoms with van der Waals surface area (Å²) in [6.07, 6.45) is 2.21. The molecule has 3 nitrogen and oxygen atoms in total. The lowest BCUT2D eigenvalue weighted by Crippen LogP contribution is -2.33. The number of nitrogens with one attached hydrogen (secondary N) is 1. The molecule has 0 saturated heterocycles. The van der Waals surface area contributed by atoms with Crippen LogP contribution in [0.5, 0.6) is 0 Å². The maximum absolute atomic E-state index is 11.8. The number of carbonyl (C=O) groups is 1. The third-order valence-electron chi connectivity index (χ3n) is 2.91. The van der Waals surface area contributed by atoms with Crippen LogP contribution >= 0.6 is 0 Å². The van der Waals surface area contributed by atoms with Crippen molar-refractivity contribution in [2.24, 2.45) is 5.92 Å². The molecule has 0 fully saturated rings.